The maximum absolute atomic E-state index is 13.1. The lowest BCUT2D eigenvalue weighted by molar-refractivity contribution is -0.126. The van der Waals surface area contributed by atoms with Crippen LogP contribution in [-0.2, 0) is 25.3 Å². The molecule has 0 unspecified atom stereocenters. The Balaban J connectivity index is 1.56. The van der Waals surface area contributed by atoms with Gasteiger partial charge in [-0.1, -0.05) is 12.1 Å². The van der Waals surface area contributed by atoms with E-state index in [1.807, 2.05) is 0 Å². The van der Waals surface area contributed by atoms with Crippen molar-refractivity contribution >= 4 is 22.0 Å². The maximum Gasteiger partial charge on any atom is 0.417 e. The number of benzene rings is 1. The number of hydrogen-bond donors (Lipinski definition) is 0. The second-order valence-corrected chi connectivity index (χ2v) is 7.60. The summed E-state index contributed by atoms with van der Waals surface area (Å²) in [5.74, 6) is -1.27. The fourth-order valence-corrected chi connectivity index (χ4v) is 4.27. The SMILES string of the molecule is O=C1COC(=O)N1CC1CN(S(=O)(=O)Cc2cccc(F)c2)C1. The molecule has 2 aliphatic heterocycles. The summed E-state index contributed by atoms with van der Waals surface area (Å²) in [6.45, 7) is 0.361. The van der Waals surface area contributed by atoms with Crippen LogP contribution in [0.5, 0.6) is 0 Å². The van der Waals surface area contributed by atoms with Crippen molar-refractivity contribution in [2.75, 3.05) is 26.2 Å². The van der Waals surface area contributed by atoms with E-state index in [0.717, 1.165) is 4.90 Å². The van der Waals surface area contributed by atoms with Crippen LogP contribution in [-0.4, -0.2) is 55.9 Å². The molecule has 0 spiro atoms. The van der Waals surface area contributed by atoms with Gasteiger partial charge in [0.25, 0.3) is 5.91 Å². The van der Waals surface area contributed by atoms with E-state index in [0.29, 0.717) is 5.56 Å². The van der Waals surface area contributed by atoms with Crippen molar-refractivity contribution < 1.29 is 27.1 Å². The van der Waals surface area contributed by atoms with Crippen LogP contribution >= 0.6 is 0 Å². The lowest BCUT2D eigenvalue weighted by atomic mass is 10.0. The largest absolute Gasteiger partial charge is 0.439 e. The second-order valence-electron chi connectivity index (χ2n) is 5.63. The summed E-state index contributed by atoms with van der Waals surface area (Å²) < 4.78 is 43.5. The Hall–Kier alpha value is -2.00. The molecule has 0 atom stereocenters. The lowest BCUT2D eigenvalue weighted by Gasteiger charge is -2.39. The number of sulfonamides is 1. The van der Waals surface area contributed by atoms with Crippen molar-refractivity contribution in [1.82, 2.24) is 9.21 Å². The third kappa shape index (κ3) is 3.35. The van der Waals surface area contributed by atoms with Gasteiger partial charge in [0.2, 0.25) is 10.0 Å². The number of imide groups is 1. The molecule has 1 aromatic rings. The standard InChI is InChI=1S/C14H15FN2O5S/c15-12-3-1-2-10(4-12)9-23(20,21)16-5-11(6-16)7-17-13(18)8-22-14(17)19/h1-4,11H,5-9H2. The highest BCUT2D eigenvalue weighted by atomic mass is 32.2. The smallest absolute Gasteiger partial charge is 0.417 e. The number of carbonyl (C=O) groups is 2. The first-order valence-electron chi connectivity index (χ1n) is 7.04. The summed E-state index contributed by atoms with van der Waals surface area (Å²) in [6.07, 6.45) is -0.684. The van der Waals surface area contributed by atoms with Crippen molar-refractivity contribution in [3.8, 4) is 0 Å². The maximum atomic E-state index is 13.1. The molecule has 2 heterocycles. The number of nitrogens with zero attached hydrogens (tertiary/aromatic N) is 2. The Bertz CT molecular complexity index is 729. The van der Waals surface area contributed by atoms with E-state index in [9.17, 15) is 22.4 Å². The highest BCUT2D eigenvalue weighted by Crippen LogP contribution is 2.24. The zero-order chi connectivity index (χ0) is 16.6. The van der Waals surface area contributed by atoms with Crippen molar-refractivity contribution in [1.29, 1.82) is 0 Å². The molecule has 3 rings (SSSR count). The molecule has 1 aromatic carbocycles. The number of ether oxygens (including phenoxy) is 1. The van der Waals surface area contributed by atoms with Gasteiger partial charge in [-0.25, -0.2) is 26.8 Å². The number of halogens is 1. The summed E-state index contributed by atoms with van der Waals surface area (Å²) in [4.78, 5) is 23.8. The summed E-state index contributed by atoms with van der Waals surface area (Å²) in [7, 11) is -3.54. The van der Waals surface area contributed by atoms with Crippen LogP contribution in [0.1, 0.15) is 5.56 Å². The minimum absolute atomic E-state index is 0.105. The van der Waals surface area contributed by atoms with E-state index in [1.165, 1.54) is 22.5 Å². The molecule has 2 aliphatic rings. The van der Waals surface area contributed by atoms with Gasteiger partial charge in [0.15, 0.2) is 6.61 Å². The number of cyclic esters (lactones) is 1. The highest BCUT2D eigenvalue weighted by molar-refractivity contribution is 7.88. The molecule has 0 bridgehead atoms. The van der Waals surface area contributed by atoms with Gasteiger partial charge in [0.05, 0.1) is 5.75 Å². The van der Waals surface area contributed by atoms with Crippen LogP contribution in [0, 0.1) is 11.7 Å². The number of hydrogen-bond acceptors (Lipinski definition) is 5. The molecule has 23 heavy (non-hydrogen) atoms. The Labute approximate surface area is 132 Å². The first-order valence-corrected chi connectivity index (χ1v) is 8.65. The van der Waals surface area contributed by atoms with Crippen LogP contribution in [0.4, 0.5) is 9.18 Å². The van der Waals surface area contributed by atoms with E-state index in [-0.39, 0.29) is 37.9 Å². The molecule has 2 amide bonds. The second kappa shape index (κ2) is 5.89. The van der Waals surface area contributed by atoms with Crippen LogP contribution in [0.2, 0.25) is 0 Å². The lowest BCUT2D eigenvalue weighted by Crippen LogP contribution is -2.54. The van der Waals surface area contributed by atoms with Crippen molar-refractivity contribution in [2.24, 2.45) is 5.92 Å². The Kier molecular flexibility index (Phi) is 4.07. The van der Waals surface area contributed by atoms with E-state index in [2.05, 4.69) is 4.74 Å². The predicted molar refractivity (Wildman–Crippen MR) is 77.1 cm³/mol. The molecule has 0 aromatic heterocycles. The molecule has 124 valence electrons. The zero-order valence-electron chi connectivity index (χ0n) is 12.1. The molecule has 0 aliphatic carbocycles. The van der Waals surface area contributed by atoms with E-state index in [1.54, 1.807) is 6.07 Å². The molecule has 0 radical (unpaired) electrons. The molecule has 7 nitrogen and oxygen atoms in total. The Morgan fingerprint density at radius 1 is 1.26 bits per heavy atom. The van der Waals surface area contributed by atoms with Gasteiger partial charge in [0, 0.05) is 25.6 Å². The first kappa shape index (κ1) is 15.9. The molecule has 0 saturated carbocycles. The van der Waals surface area contributed by atoms with Crippen LogP contribution < -0.4 is 0 Å². The van der Waals surface area contributed by atoms with Gasteiger partial charge < -0.3 is 4.74 Å². The number of amides is 2. The number of carbonyl (C=O) groups excluding carboxylic acids is 2. The summed E-state index contributed by atoms with van der Waals surface area (Å²) in [5, 5.41) is 0. The molecule has 2 fully saturated rings. The Morgan fingerprint density at radius 3 is 2.61 bits per heavy atom. The van der Waals surface area contributed by atoms with Gasteiger partial charge in [-0.05, 0) is 17.7 Å². The highest BCUT2D eigenvalue weighted by Gasteiger charge is 2.40. The average molecular weight is 342 g/mol. The van der Waals surface area contributed by atoms with E-state index in [4.69, 9.17) is 0 Å². The van der Waals surface area contributed by atoms with Gasteiger partial charge in [-0.15, -0.1) is 0 Å². The normalized spacial score (nSPS) is 19.8. The topological polar surface area (TPSA) is 84.0 Å². The minimum atomic E-state index is -3.54. The molecule has 2 saturated heterocycles. The van der Waals surface area contributed by atoms with Crippen molar-refractivity contribution in [3.63, 3.8) is 0 Å². The predicted octanol–water partition coefficient (Wildman–Crippen LogP) is 0.566. The fraction of sp³-hybridized carbons (Fsp3) is 0.429. The average Bonchev–Trinajstić information content (AvgIpc) is 2.72. The Morgan fingerprint density at radius 2 is 2.00 bits per heavy atom. The van der Waals surface area contributed by atoms with Crippen LogP contribution in [0.3, 0.4) is 0 Å². The van der Waals surface area contributed by atoms with Gasteiger partial charge in [-0.3, -0.25) is 4.79 Å². The first-order chi connectivity index (χ1) is 10.8. The monoisotopic (exact) mass is 342 g/mol. The minimum Gasteiger partial charge on any atom is -0.439 e. The van der Waals surface area contributed by atoms with E-state index >= 15 is 0 Å². The zero-order valence-corrected chi connectivity index (χ0v) is 13.0. The summed E-state index contributed by atoms with van der Waals surface area (Å²) in [6, 6.07) is 5.45. The number of rotatable bonds is 5. The van der Waals surface area contributed by atoms with Gasteiger partial charge in [0.1, 0.15) is 5.82 Å². The molecule has 9 heteroatoms. The van der Waals surface area contributed by atoms with Crippen LogP contribution in [0.15, 0.2) is 24.3 Å². The molecule has 0 N–H and O–H groups in total. The van der Waals surface area contributed by atoms with E-state index < -0.39 is 27.8 Å². The van der Waals surface area contributed by atoms with Gasteiger partial charge in [-0.2, -0.15) is 0 Å². The summed E-state index contributed by atoms with van der Waals surface area (Å²) in [5.41, 5.74) is 0.381. The van der Waals surface area contributed by atoms with Gasteiger partial charge >= 0.3 is 6.09 Å². The van der Waals surface area contributed by atoms with Crippen molar-refractivity contribution in [2.45, 2.75) is 5.75 Å². The third-order valence-corrected chi connectivity index (χ3v) is 5.62. The van der Waals surface area contributed by atoms with Crippen molar-refractivity contribution in [3.05, 3.63) is 35.6 Å². The third-order valence-electron chi connectivity index (χ3n) is 3.84. The van der Waals surface area contributed by atoms with Crippen LogP contribution in [0.25, 0.3) is 0 Å². The fourth-order valence-electron chi connectivity index (χ4n) is 2.61. The molecular weight excluding hydrogens is 327 g/mol. The quantitative estimate of drug-likeness (QED) is 0.781. The summed E-state index contributed by atoms with van der Waals surface area (Å²) >= 11 is 0. The molecular formula is C14H15FN2O5S.